The number of nitrogens with zero attached hydrogens (tertiary/aromatic N) is 1. The van der Waals surface area contributed by atoms with Crippen LogP contribution < -0.4 is 18.5 Å². The Bertz CT molecular complexity index is 898. The Balaban J connectivity index is 2.59. The van der Waals surface area contributed by atoms with E-state index in [1.807, 2.05) is 0 Å². The summed E-state index contributed by atoms with van der Waals surface area (Å²) in [5.74, 6) is -0.00382. The molecule has 0 unspecified atom stereocenters. The van der Waals surface area contributed by atoms with Gasteiger partial charge >= 0.3 is 0 Å². The summed E-state index contributed by atoms with van der Waals surface area (Å²) < 4.78 is 56.5. The lowest BCUT2D eigenvalue weighted by atomic mass is 10.2. The van der Waals surface area contributed by atoms with Crippen molar-refractivity contribution >= 4 is 15.7 Å². The summed E-state index contributed by atoms with van der Waals surface area (Å²) in [7, 11) is 0.148. The third-order valence-electron chi connectivity index (χ3n) is 3.66. The van der Waals surface area contributed by atoms with Gasteiger partial charge in [-0.25, -0.2) is 12.8 Å². The first-order chi connectivity index (χ1) is 12.4. The molecule has 6 nitrogen and oxygen atoms in total. The van der Waals surface area contributed by atoms with Gasteiger partial charge < -0.3 is 14.2 Å². The van der Waals surface area contributed by atoms with E-state index < -0.39 is 15.8 Å². The Morgan fingerprint density at radius 2 is 1.73 bits per heavy atom. The molecule has 0 N–H and O–H groups in total. The molecule has 0 bridgehead atoms. The van der Waals surface area contributed by atoms with E-state index in [4.69, 9.17) is 14.2 Å². The zero-order chi connectivity index (χ0) is 19.3. The van der Waals surface area contributed by atoms with Gasteiger partial charge in [0.2, 0.25) is 0 Å². The van der Waals surface area contributed by atoms with Crippen LogP contribution in [0.5, 0.6) is 17.2 Å². The fourth-order valence-corrected chi connectivity index (χ4v) is 3.83. The predicted octanol–water partition coefficient (Wildman–Crippen LogP) is 3.23. The van der Waals surface area contributed by atoms with Crippen molar-refractivity contribution in [3.63, 3.8) is 0 Å². The molecule has 0 aliphatic rings. The van der Waals surface area contributed by atoms with E-state index in [1.165, 1.54) is 39.5 Å². The van der Waals surface area contributed by atoms with Gasteiger partial charge in [-0.05, 0) is 30.3 Å². The minimum Gasteiger partial charge on any atom is -0.497 e. The van der Waals surface area contributed by atoms with Gasteiger partial charge in [0, 0.05) is 6.07 Å². The van der Waals surface area contributed by atoms with Crippen LogP contribution in [0, 0.1) is 5.82 Å². The molecule has 2 aromatic carbocycles. The van der Waals surface area contributed by atoms with Crippen LogP contribution >= 0.6 is 0 Å². The topological polar surface area (TPSA) is 65.1 Å². The molecule has 0 aliphatic heterocycles. The maximum Gasteiger partial charge on any atom is 0.264 e. The summed E-state index contributed by atoms with van der Waals surface area (Å²) in [5, 5.41) is 0. The smallest absolute Gasteiger partial charge is 0.264 e. The molecule has 0 aromatic heterocycles. The number of benzene rings is 2. The summed E-state index contributed by atoms with van der Waals surface area (Å²) in [4.78, 5) is -0.212. The maximum absolute atomic E-state index is 14.0. The third kappa shape index (κ3) is 3.75. The highest BCUT2D eigenvalue weighted by atomic mass is 32.2. The zero-order valence-electron chi connectivity index (χ0n) is 14.7. The fraction of sp³-hybridized carbons (Fsp3) is 0.222. The van der Waals surface area contributed by atoms with E-state index in [0.29, 0.717) is 11.5 Å². The van der Waals surface area contributed by atoms with Crippen LogP contribution in [0.1, 0.15) is 0 Å². The number of rotatable bonds is 8. The highest BCUT2D eigenvalue weighted by molar-refractivity contribution is 7.92. The molecule has 2 rings (SSSR count). The van der Waals surface area contributed by atoms with Crippen molar-refractivity contribution in [2.75, 3.05) is 32.2 Å². The van der Waals surface area contributed by atoms with Gasteiger partial charge in [-0.3, -0.25) is 4.31 Å². The lowest BCUT2D eigenvalue weighted by Gasteiger charge is -2.25. The first-order valence-corrected chi connectivity index (χ1v) is 9.02. The Labute approximate surface area is 152 Å². The van der Waals surface area contributed by atoms with Crippen molar-refractivity contribution in [2.24, 2.45) is 0 Å². The number of hydrogen-bond donors (Lipinski definition) is 0. The monoisotopic (exact) mass is 381 g/mol. The maximum atomic E-state index is 14.0. The Hall–Kier alpha value is -2.74. The summed E-state index contributed by atoms with van der Waals surface area (Å²) in [6.07, 6.45) is 1.43. The Morgan fingerprint density at radius 1 is 1.04 bits per heavy atom. The molecule has 0 heterocycles. The van der Waals surface area contributed by atoms with Crippen LogP contribution in [0.25, 0.3) is 0 Å². The highest BCUT2D eigenvalue weighted by Gasteiger charge is 2.27. The van der Waals surface area contributed by atoms with Gasteiger partial charge in [0.1, 0.15) is 11.5 Å². The van der Waals surface area contributed by atoms with Crippen molar-refractivity contribution < 1.29 is 27.0 Å². The van der Waals surface area contributed by atoms with E-state index in [1.54, 1.807) is 18.2 Å². The zero-order valence-corrected chi connectivity index (χ0v) is 15.5. The van der Waals surface area contributed by atoms with E-state index in [0.717, 1.165) is 10.4 Å². The molecule has 0 amide bonds. The summed E-state index contributed by atoms with van der Waals surface area (Å²) in [6, 6.07) is 8.19. The number of methoxy groups -OCH3 is 3. The molecule has 0 saturated heterocycles. The van der Waals surface area contributed by atoms with Crippen LogP contribution in [-0.2, 0) is 10.0 Å². The van der Waals surface area contributed by atoms with Crippen LogP contribution in [0.3, 0.4) is 0 Å². The quantitative estimate of drug-likeness (QED) is 0.657. The first kappa shape index (κ1) is 19.6. The molecule has 0 spiro atoms. The van der Waals surface area contributed by atoms with Gasteiger partial charge in [-0.1, -0.05) is 6.08 Å². The average molecular weight is 381 g/mol. The number of halogens is 1. The molecule has 0 radical (unpaired) electrons. The van der Waals surface area contributed by atoms with Crippen molar-refractivity contribution in [1.82, 2.24) is 0 Å². The summed E-state index contributed by atoms with van der Waals surface area (Å²) >= 11 is 0. The molecule has 0 aliphatic carbocycles. The first-order valence-electron chi connectivity index (χ1n) is 7.58. The lowest BCUT2D eigenvalue weighted by Crippen LogP contribution is -2.31. The average Bonchev–Trinajstić information content (AvgIpc) is 2.65. The molecule has 0 fully saturated rings. The molecule has 0 saturated carbocycles. The second kappa shape index (κ2) is 8.09. The van der Waals surface area contributed by atoms with Gasteiger partial charge in [0.15, 0.2) is 11.6 Å². The number of anilines is 1. The Kier molecular flexibility index (Phi) is 6.10. The Morgan fingerprint density at radius 3 is 2.27 bits per heavy atom. The predicted molar refractivity (Wildman–Crippen MR) is 97.2 cm³/mol. The third-order valence-corrected chi connectivity index (χ3v) is 5.44. The standard InChI is InChI=1S/C18H20FNO5S/c1-5-10-20(16-8-6-13(23-2)11-18(16)25-4)26(21,22)14-7-9-17(24-3)15(19)12-14/h5-9,11-12H,1,10H2,2-4H3. The molecule has 8 heteroatoms. The molecular weight excluding hydrogens is 361 g/mol. The van der Waals surface area contributed by atoms with Gasteiger partial charge in [0.05, 0.1) is 38.5 Å². The van der Waals surface area contributed by atoms with Gasteiger partial charge in [0.25, 0.3) is 10.0 Å². The van der Waals surface area contributed by atoms with Crippen molar-refractivity contribution in [1.29, 1.82) is 0 Å². The van der Waals surface area contributed by atoms with Crippen LogP contribution in [0.15, 0.2) is 53.9 Å². The SMILES string of the molecule is C=CCN(c1ccc(OC)cc1OC)S(=O)(=O)c1ccc(OC)c(F)c1. The van der Waals surface area contributed by atoms with E-state index in [9.17, 15) is 12.8 Å². The lowest BCUT2D eigenvalue weighted by molar-refractivity contribution is 0.385. The number of ether oxygens (including phenoxy) is 3. The largest absolute Gasteiger partial charge is 0.497 e. The number of sulfonamides is 1. The summed E-state index contributed by atoms with van der Waals surface area (Å²) in [5.41, 5.74) is 0.282. The van der Waals surface area contributed by atoms with Crippen LogP contribution in [0.2, 0.25) is 0 Å². The van der Waals surface area contributed by atoms with Gasteiger partial charge in [-0.15, -0.1) is 6.58 Å². The molecule has 26 heavy (non-hydrogen) atoms. The van der Waals surface area contributed by atoms with Crippen LogP contribution in [-0.4, -0.2) is 36.3 Å². The van der Waals surface area contributed by atoms with Gasteiger partial charge in [-0.2, -0.15) is 0 Å². The van der Waals surface area contributed by atoms with Crippen LogP contribution in [0.4, 0.5) is 10.1 Å². The van der Waals surface area contributed by atoms with Crippen molar-refractivity contribution in [3.05, 3.63) is 54.9 Å². The minimum absolute atomic E-state index is 0.0291. The molecular formula is C18H20FNO5S. The van der Waals surface area contributed by atoms with E-state index in [-0.39, 0.29) is 22.9 Å². The fourth-order valence-electron chi connectivity index (χ4n) is 2.37. The second-order valence-electron chi connectivity index (χ2n) is 5.16. The normalized spacial score (nSPS) is 10.9. The summed E-state index contributed by atoms with van der Waals surface area (Å²) in [6.45, 7) is 3.57. The van der Waals surface area contributed by atoms with E-state index >= 15 is 0 Å². The number of hydrogen-bond acceptors (Lipinski definition) is 5. The molecule has 2 aromatic rings. The molecule has 0 atom stereocenters. The highest BCUT2D eigenvalue weighted by Crippen LogP contribution is 2.35. The van der Waals surface area contributed by atoms with Crippen molar-refractivity contribution in [2.45, 2.75) is 4.90 Å². The van der Waals surface area contributed by atoms with Crippen molar-refractivity contribution in [3.8, 4) is 17.2 Å². The minimum atomic E-state index is -4.07. The second-order valence-corrected chi connectivity index (χ2v) is 7.02. The molecule has 140 valence electrons. The van der Waals surface area contributed by atoms with E-state index in [2.05, 4.69) is 6.58 Å².